The number of rotatable bonds is 4. The third-order valence-electron chi connectivity index (χ3n) is 2.28. The number of aryl methyl sites for hydroxylation is 1. The molecular weight excluding hydrogens is 259 g/mol. The maximum absolute atomic E-state index is 5.98. The molecule has 0 saturated heterocycles. The molecule has 0 aliphatic carbocycles. The van der Waals surface area contributed by atoms with E-state index < -0.39 is 0 Å². The maximum Gasteiger partial charge on any atom is 0.156 e. The summed E-state index contributed by atoms with van der Waals surface area (Å²) in [4.78, 5) is 0. The molecule has 17 heavy (non-hydrogen) atoms. The van der Waals surface area contributed by atoms with Crippen LogP contribution in [0.2, 0.25) is 10.0 Å². The van der Waals surface area contributed by atoms with E-state index in [0.717, 1.165) is 11.4 Å². The van der Waals surface area contributed by atoms with Crippen molar-refractivity contribution in [2.75, 3.05) is 6.61 Å². The summed E-state index contributed by atoms with van der Waals surface area (Å²) in [5.74, 6) is 0.531. The summed E-state index contributed by atoms with van der Waals surface area (Å²) in [5, 5.41) is 8.05. The summed E-state index contributed by atoms with van der Waals surface area (Å²) in [6, 6.07) is 7.27. The fourth-order valence-electron chi connectivity index (χ4n) is 1.48. The van der Waals surface area contributed by atoms with Crippen molar-refractivity contribution in [3.63, 3.8) is 0 Å². The van der Waals surface area contributed by atoms with Gasteiger partial charge in [-0.3, -0.25) is 5.10 Å². The predicted molar refractivity (Wildman–Crippen MR) is 69.0 cm³/mol. The zero-order valence-corrected chi connectivity index (χ0v) is 10.8. The van der Waals surface area contributed by atoms with E-state index in [4.69, 9.17) is 27.9 Å². The van der Waals surface area contributed by atoms with Crippen LogP contribution in [-0.2, 0) is 6.42 Å². The van der Waals surface area contributed by atoms with Crippen LogP contribution < -0.4 is 4.74 Å². The fourth-order valence-corrected chi connectivity index (χ4v) is 1.99. The van der Waals surface area contributed by atoms with Gasteiger partial charge in [0.15, 0.2) is 5.75 Å². The Morgan fingerprint density at radius 1 is 1.29 bits per heavy atom. The normalized spacial score (nSPS) is 10.5. The Kier molecular flexibility index (Phi) is 3.92. The first-order valence-corrected chi connectivity index (χ1v) is 6.00. The molecule has 2 aromatic rings. The van der Waals surface area contributed by atoms with Gasteiger partial charge >= 0.3 is 0 Å². The minimum atomic E-state index is 0.494. The van der Waals surface area contributed by atoms with Crippen molar-refractivity contribution < 1.29 is 4.74 Å². The molecule has 1 heterocycles. The Hall–Kier alpha value is -1.19. The molecule has 0 aliphatic heterocycles. The molecule has 0 fully saturated rings. The number of H-pyrrole nitrogens is 1. The van der Waals surface area contributed by atoms with Gasteiger partial charge in [0, 0.05) is 12.1 Å². The summed E-state index contributed by atoms with van der Waals surface area (Å²) in [7, 11) is 0. The minimum absolute atomic E-state index is 0.494. The number of ether oxygens (including phenoxy) is 1. The number of hydrogen-bond acceptors (Lipinski definition) is 2. The molecule has 1 aromatic heterocycles. The summed E-state index contributed by atoms with van der Waals surface area (Å²) >= 11 is 12.0. The molecule has 0 spiro atoms. The highest BCUT2D eigenvalue weighted by Crippen LogP contribution is 2.32. The van der Waals surface area contributed by atoms with Crippen molar-refractivity contribution >= 4 is 23.2 Å². The third kappa shape index (κ3) is 3.14. The van der Waals surface area contributed by atoms with Crippen LogP contribution in [0.3, 0.4) is 0 Å². The van der Waals surface area contributed by atoms with Gasteiger partial charge in [-0.15, -0.1) is 0 Å². The van der Waals surface area contributed by atoms with Gasteiger partial charge in [0.05, 0.1) is 22.3 Å². The van der Waals surface area contributed by atoms with Crippen molar-refractivity contribution in [1.82, 2.24) is 10.2 Å². The number of para-hydroxylation sites is 1. The molecular formula is C12H12Cl2N2O. The average Bonchev–Trinajstić information content (AvgIpc) is 2.69. The van der Waals surface area contributed by atoms with E-state index in [1.54, 1.807) is 18.2 Å². The highest BCUT2D eigenvalue weighted by atomic mass is 35.5. The Balaban J connectivity index is 1.94. The second kappa shape index (κ2) is 5.43. The Morgan fingerprint density at radius 3 is 2.59 bits per heavy atom. The van der Waals surface area contributed by atoms with Crippen LogP contribution in [-0.4, -0.2) is 16.8 Å². The van der Waals surface area contributed by atoms with E-state index in [1.807, 2.05) is 13.0 Å². The SMILES string of the molecule is Cc1cc(CCOc2c(Cl)cccc2Cl)n[nH]1. The molecule has 0 atom stereocenters. The van der Waals surface area contributed by atoms with Crippen molar-refractivity contribution in [3.8, 4) is 5.75 Å². The number of nitrogens with one attached hydrogen (secondary N) is 1. The first-order chi connectivity index (χ1) is 8.16. The van der Waals surface area contributed by atoms with E-state index in [9.17, 15) is 0 Å². The molecule has 1 aromatic carbocycles. The summed E-state index contributed by atoms with van der Waals surface area (Å²) in [6.07, 6.45) is 0.714. The van der Waals surface area contributed by atoms with Gasteiger partial charge in [0.1, 0.15) is 0 Å². The molecule has 0 amide bonds. The van der Waals surface area contributed by atoms with Crippen LogP contribution in [0.5, 0.6) is 5.75 Å². The second-order valence-corrected chi connectivity index (χ2v) is 4.51. The first-order valence-electron chi connectivity index (χ1n) is 5.24. The number of nitrogens with zero attached hydrogens (tertiary/aromatic N) is 1. The lowest BCUT2D eigenvalue weighted by molar-refractivity contribution is 0.321. The van der Waals surface area contributed by atoms with Gasteiger partial charge in [0.2, 0.25) is 0 Å². The monoisotopic (exact) mass is 270 g/mol. The van der Waals surface area contributed by atoms with E-state index in [0.29, 0.717) is 28.8 Å². The molecule has 90 valence electrons. The molecule has 0 radical (unpaired) electrons. The topological polar surface area (TPSA) is 37.9 Å². The molecule has 1 N–H and O–H groups in total. The number of halogens is 2. The first kappa shape index (κ1) is 12.3. The second-order valence-electron chi connectivity index (χ2n) is 3.69. The van der Waals surface area contributed by atoms with Crippen LogP contribution in [0, 0.1) is 6.92 Å². The zero-order chi connectivity index (χ0) is 12.3. The molecule has 2 rings (SSSR count). The van der Waals surface area contributed by atoms with Crippen LogP contribution in [0.1, 0.15) is 11.4 Å². The molecule has 0 saturated carbocycles. The Morgan fingerprint density at radius 2 is 2.00 bits per heavy atom. The van der Waals surface area contributed by atoms with E-state index in [-0.39, 0.29) is 0 Å². The van der Waals surface area contributed by atoms with Crippen LogP contribution >= 0.6 is 23.2 Å². The van der Waals surface area contributed by atoms with Gasteiger partial charge in [-0.05, 0) is 25.1 Å². The Bertz CT molecular complexity index is 491. The van der Waals surface area contributed by atoms with Gasteiger partial charge in [0.25, 0.3) is 0 Å². The fraction of sp³-hybridized carbons (Fsp3) is 0.250. The smallest absolute Gasteiger partial charge is 0.156 e. The number of benzene rings is 1. The van der Waals surface area contributed by atoms with E-state index in [1.165, 1.54) is 0 Å². The van der Waals surface area contributed by atoms with Gasteiger partial charge in [-0.25, -0.2) is 0 Å². The minimum Gasteiger partial charge on any atom is -0.490 e. The van der Waals surface area contributed by atoms with Crippen molar-refractivity contribution in [2.24, 2.45) is 0 Å². The van der Waals surface area contributed by atoms with Crippen LogP contribution in [0.4, 0.5) is 0 Å². The molecule has 5 heteroatoms. The molecule has 0 bridgehead atoms. The maximum atomic E-state index is 5.98. The van der Waals surface area contributed by atoms with Gasteiger partial charge in [-0.2, -0.15) is 5.10 Å². The standard InChI is InChI=1S/C12H12Cl2N2O/c1-8-7-9(16-15-8)5-6-17-12-10(13)3-2-4-11(12)14/h2-4,7H,5-6H2,1H3,(H,15,16). The number of aromatic nitrogens is 2. The lowest BCUT2D eigenvalue weighted by Gasteiger charge is -2.08. The lowest BCUT2D eigenvalue weighted by atomic mass is 10.3. The largest absolute Gasteiger partial charge is 0.490 e. The van der Waals surface area contributed by atoms with Gasteiger partial charge < -0.3 is 4.74 Å². The highest BCUT2D eigenvalue weighted by molar-refractivity contribution is 6.37. The highest BCUT2D eigenvalue weighted by Gasteiger charge is 2.06. The number of aromatic amines is 1. The number of hydrogen-bond donors (Lipinski definition) is 1. The van der Waals surface area contributed by atoms with Gasteiger partial charge in [-0.1, -0.05) is 29.3 Å². The molecule has 0 unspecified atom stereocenters. The summed E-state index contributed by atoms with van der Waals surface area (Å²) in [6.45, 7) is 2.45. The van der Waals surface area contributed by atoms with Crippen molar-refractivity contribution in [1.29, 1.82) is 0 Å². The molecule has 3 nitrogen and oxygen atoms in total. The van der Waals surface area contributed by atoms with E-state index in [2.05, 4.69) is 10.2 Å². The predicted octanol–water partition coefficient (Wildman–Crippen LogP) is 3.65. The average molecular weight is 271 g/mol. The van der Waals surface area contributed by atoms with Crippen molar-refractivity contribution in [2.45, 2.75) is 13.3 Å². The van der Waals surface area contributed by atoms with E-state index >= 15 is 0 Å². The quantitative estimate of drug-likeness (QED) is 0.921. The summed E-state index contributed by atoms with van der Waals surface area (Å²) < 4.78 is 5.56. The van der Waals surface area contributed by atoms with Crippen LogP contribution in [0.15, 0.2) is 24.3 Å². The molecule has 0 aliphatic rings. The zero-order valence-electron chi connectivity index (χ0n) is 9.34. The summed E-state index contributed by atoms with van der Waals surface area (Å²) in [5.41, 5.74) is 2.00. The van der Waals surface area contributed by atoms with Crippen LogP contribution in [0.25, 0.3) is 0 Å². The van der Waals surface area contributed by atoms with Crippen molar-refractivity contribution in [3.05, 3.63) is 45.7 Å². The third-order valence-corrected chi connectivity index (χ3v) is 2.88. The Labute approximate surface area is 110 Å². The lowest BCUT2D eigenvalue weighted by Crippen LogP contribution is -2.02.